The average Bonchev–Trinajstić information content (AvgIpc) is 3.37. The van der Waals surface area contributed by atoms with Crippen LogP contribution in [0.15, 0.2) is 36.5 Å². The van der Waals surface area contributed by atoms with E-state index in [-0.39, 0.29) is 17.8 Å². The zero-order valence-corrected chi connectivity index (χ0v) is 17.4. The van der Waals surface area contributed by atoms with Gasteiger partial charge in [-0.15, -0.1) is 11.3 Å². The van der Waals surface area contributed by atoms with Gasteiger partial charge in [0.05, 0.1) is 17.6 Å². The fourth-order valence-electron chi connectivity index (χ4n) is 4.48. The smallest absolute Gasteiger partial charge is 0.258 e. The Kier molecular flexibility index (Phi) is 5.18. The van der Waals surface area contributed by atoms with Crippen LogP contribution in [0.4, 0.5) is 4.39 Å². The van der Waals surface area contributed by atoms with Crippen LogP contribution in [0, 0.1) is 5.82 Å². The van der Waals surface area contributed by atoms with Gasteiger partial charge in [0.2, 0.25) is 0 Å². The number of nitrogens with two attached hydrogens (primary N) is 1. The van der Waals surface area contributed by atoms with Crippen LogP contribution >= 0.6 is 11.3 Å². The normalized spacial score (nSPS) is 19.6. The van der Waals surface area contributed by atoms with Gasteiger partial charge in [0.15, 0.2) is 0 Å². The van der Waals surface area contributed by atoms with E-state index < -0.39 is 0 Å². The molecule has 3 aromatic rings. The van der Waals surface area contributed by atoms with Crippen LogP contribution in [0.1, 0.15) is 44.6 Å². The number of benzene rings is 1. The van der Waals surface area contributed by atoms with Crippen molar-refractivity contribution < 1.29 is 13.9 Å². The average molecular weight is 426 g/mol. The third-order valence-corrected chi connectivity index (χ3v) is 7.30. The minimum Gasteiger partial charge on any atom is -0.373 e. The summed E-state index contributed by atoms with van der Waals surface area (Å²) in [5.41, 5.74) is 9.91. The standard InChI is InChI=1S/C23H24FN3O2S/c24-15-1-2-16-18(13-26-19(16)11-15)14-3-7-27(8-4-14)9-5-20-17-12-22(23(25)28)30-21(17)6-10-29-20/h1-3,11-13,20,26H,4-10H2,(H2,25,28). The number of aromatic amines is 1. The fourth-order valence-corrected chi connectivity index (χ4v) is 5.52. The number of hydrogen-bond donors (Lipinski definition) is 2. The molecule has 0 spiro atoms. The summed E-state index contributed by atoms with van der Waals surface area (Å²) < 4.78 is 19.4. The Morgan fingerprint density at radius 3 is 3.03 bits per heavy atom. The quantitative estimate of drug-likeness (QED) is 0.642. The lowest BCUT2D eigenvalue weighted by Gasteiger charge is -2.29. The predicted octanol–water partition coefficient (Wildman–Crippen LogP) is 4.26. The van der Waals surface area contributed by atoms with Crippen LogP contribution in [-0.4, -0.2) is 42.0 Å². The molecule has 0 aliphatic carbocycles. The molecular weight excluding hydrogens is 401 g/mol. The third-order valence-electron chi connectivity index (χ3n) is 6.07. The van der Waals surface area contributed by atoms with E-state index in [1.807, 2.05) is 18.3 Å². The number of carbonyl (C=O) groups is 1. The first-order chi connectivity index (χ1) is 14.6. The van der Waals surface area contributed by atoms with Crippen molar-refractivity contribution in [2.45, 2.75) is 25.4 Å². The second-order valence-electron chi connectivity index (χ2n) is 7.92. The Bertz CT molecular complexity index is 1130. The molecule has 1 atom stereocenters. The second-order valence-corrected chi connectivity index (χ2v) is 9.06. The Balaban J connectivity index is 1.24. The van der Waals surface area contributed by atoms with E-state index in [0.717, 1.165) is 55.4 Å². The van der Waals surface area contributed by atoms with Crippen molar-refractivity contribution in [3.63, 3.8) is 0 Å². The topological polar surface area (TPSA) is 71.4 Å². The number of nitrogens with zero attached hydrogens (tertiary/aromatic N) is 1. The highest BCUT2D eigenvalue weighted by atomic mass is 32.1. The monoisotopic (exact) mass is 425 g/mol. The maximum atomic E-state index is 13.4. The van der Waals surface area contributed by atoms with Crippen molar-refractivity contribution in [2.75, 3.05) is 26.2 Å². The number of fused-ring (bicyclic) bond motifs is 2. The van der Waals surface area contributed by atoms with Gasteiger partial charge in [0.25, 0.3) is 5.91 Å². The summed E-state index contributed by atoms with van der Waals surface area (Å²) >= 11 is 1.51. The largest absolute Gasteiger partial charge is 0.373 e. The van der Waals surface area contributed by atoms with E-state index in [1.165, 1.54) is 33.4 Å². The zero-order valence-electron chi connectivity index (χ0n) is 16.6. The number of ether oxygens (including phenoxy) is 1. The molecule has 2 aromatic heterocycles. The van der Waals surface area contributed by atoms with Crippen molar-refractivity contribution in [1.82, 2.24) is 9.88 Å². The van der Waals surface area contributed by atoms with E-state index in [0.29, 0.717) is 11.5 Å². The van der Waals surface area contributed by atoms with Crippen LogP contribution in [0.3, 0.4) is 0 Å². The van der Waals surface area contributed by atoms with E-state index >= 15 is 0 Å². The van der Waals surface area contributed by atoms with E-state index in [4.69, 9.17) is 10.5 Å². The van der Waals surface area contributed by atoms with Crippen LogP contribution in [0.5, 0.6) is 0 Å². The number of carbonyl (C=O) groups excluding carboxylic acids is 1. The van der Waals surface area contributed by atoms with Crippen LogP contribution < -0.4 is 5.73 Å². The maximum Gasteiger partial charge on any atom is 0.258 e. The van der Waals surface area contributed by atoms with Crippen molar-refractivity contribution in [3.8, 4) is 0 Å². The van der Waals surface area contributed by atoms with Gasteiger partial charge in [-0.05, 0) is 48.2 Å². The number of amides is 1. The van der Waals surface area contributed by atoms with Gasteiger partial charge in [-0.3, -0.25) is 9.69 Å². The van der Waals surface area contributed by atoms with Crippen LogP contribution in [-0.2, 0) is 11.2 Å². The Morgan fingerprint density at radius 1 is 1.33 bits per heavy atom. The molecule has 30 heavy (non-hydrogen) atoms. The molecule has 5 rings (SSSR count). The number of H-pyrrole nitrogens is 1. The van der Waals surface area contributed by atoms with Gasteiger partial charge >= 0.3 is 0 Å². The first-order valence-corrected chi connectivity index (χ1v) is 11.1. The van der Waals surface area contributed by atoms with E-state index in [2.05, 4.69) is 16.0 Å². The zero-order chi connectivity index (χ0) is 20.7. The van der Waals surface area contributed by atoms with Crippen LogP contribution in [0.2, 0.25) is 0 Å². The number of rotatable bonds is 5. The first-order valence-electron chi connectivity index (χ1n) is 10.3. The minimum atomic E-state index is -0.359. The lowest BCUT2D eigenvalue weighted by molar-refractivity contribution is 0.0311. The van der Waals surface area contributed by atoms with Crippen molar-refractivity contribution >= 4 is 33.7 Å². The molecule has 5 nitrogen and oxygen atoms in total. The molecule has 0 fully saturated rings. The molecule has 1 unspecified atom stereocenters. The minimum absolute atomic E-state index is 0.0343. The summed E-state index contributed by atoms with van der Waals surface area (Å²) in [6.45, 7) is 3.50. The SMILES string of the molecule is NC(=O)c1cc2c(s1)CCOC2CCN1CC=C(c2c[nH]c3cc(F)ccc23)CC1. The molecule has 0 saturated carbocycles. The molecule has 7 heteroatoms. The number of hydrogen-bond acceptors (Lipinski definition) is 4. The molecule has 0 radical (unpaired) electrons. The summed E-state index contributed by atoms with van der Waals surface area (Å²) in [7, 11) is 0. The van der Waals surface area contributed by atoms with Crippen molar-refractivity contribution in [3.05, 3.63) is 63.2 Å². The molecular formula is C23H24FN3O2S. The Hall–Kier alpha value is -2.48. The lowest BCUT2D eigenvalue weighted by Crippen LogP contribution is -2.31. The molecule has 2 aliphatic heterocycles. The third kappa shape index (κ3) is 3.69. The number of thiophene rings is 1. The fraction of sp³-hybridized carbons (Fsp3) is 0.348. The predicted molar refractivity (Wildman–Crippen MR) is 117 cm³/mol. The van der Waals surface area contributed by atoms with Gasteiger partial charge in [-0.1, -0.05) is 6.08 Å². The highest BCUT2D eigenvalue weighted by molar-refractivity contribution is 7.14. The van der Waals surface area contributed by atoms with Gasteiger partial charge < -0.3 is 15.5 Å². The summed E-state index contributed by atoms with van der Waals surface area (Å²) in [5, 5.41) is 1.07. The number of primary amides is 1. The molecule has 0 bridgehead atoms. The summed E-state index contributed by atoms with van der Waals surface area (Å²) in [6.07, 6.45) is 7.01. The van der Waals surface area contributed by atoms with Gasteiger partial charge in [0, 0.05) is 53.6 Å². The molecule has 156 valence electrons. The molecule has 0 saturated heterocycles. The van der Waals surface area contributed by atoms with E-state index in [1.54, 1.807) is 6.07 Å². The number of aromatic nitrogens is 1. The number of nitrogens with one attached hydrogen (secondary N) is 1. The molecule has 2 aliphatic rings. The van der Waals surface area contributed by atoms with Gasteiger partial charge in [0.1, 0.15) is 5.82 Å². The van der Waals surface area contributed by atoms with Crippen LogP contribution in [0.25, 0.3) is 16.5 Å². The number of halogens is 1. The summed E-state index contributed by atoms with van der Waals surface area (Å²) in [6, 6.07) is 6.83. The first kappa shape index (κ1) is 19.5. The molecule has 4 heterocycles. The van der Waals surface area contributed by atoms with Crippen molar-refractivity contribution in [1.29, 1.82) is 0 Å². The highest BCUT2D eigenvalue weighted by Crippen LogP contribution is 2.36. The van der Waals surface area contributed by atoms with Gasteiger partial charge in [-0.2, -0.15) is 0 Å². The summed E-state index contributed by atoms with van der Waals surface area (Å²) in [4.78, 5) is 19.0. The van der Waals surface area contributed by atoms with Crippen molar-refractivity contribution in [2.24, 2.45) is 5.73 Å². The maximum absolute atomic E-state index is 13.4. The van der Waals surface area contributed by atoms with E-state index in [9.17, 15) is 9.18 Å². The Labute approximate surface area is 178 Å². The molecule has 1 aromatic carbocycles. The summed E-state index contributed by atoms with van der Waals surface area (Å²) in [5.74, 6) is -0.580. The highest BCUT2D eigenvalue weighted by Gasteiger charge is 2.26. The Morgan fingerprint density at radius 2 is 2.23 bits per heavy atom. The molecule has 1 amide bonds. The second kappa shape index (κ2) is 7.98. The van der Waals surface area contributed by atoms with Gasteiger partial charge in [-0.25, -0.2) is 4.39 Å². The lowest BCUT2D eigenvalue weighted by atomic mass is 9.98. The molecule has 3 N–H and O–H groups in total.